The molecule has 0 radical (unpaired) electrons. The largest absolute Gasteiger partial charge is 0.309 e. The van der Waals surface area contributed by atoms with Crippen molar-refractivity contribution in [2.75, 3.05) is 5.32 Å². The quantitative estimate of drug-likeness (QED) is 0.710. The fraction of sp³-hybridized carbons (Fsp3) is 0.235. The summed E-state index contributed by atoms with van der Waals surface area (Å²) in [5, 5.41) is 12.5. The first-order valence-electron chi connectivity index (χ1n) is 7.77. The van der Waals surface area contributed by atoms with Crippen molar-refractivity contribution in [3.05, 3.63) is 64.0 Å². The number of hydrogen-bond acceptors (Lipinski definition) is 3. The molecule has 0 aliphatic heterocycles. The first kappa shape index (κ1) is 17.5. The van der Waals surface area contributed by atoms with E-state index in [9.17, 15) is 4.79 Å². The van der Waals surface area contributed by atoms with Crippen LogP contribution in [0.2, 0.25) is 10.0 Å². The Kier molecular flexibility index (Phi) is 5.40. The number of nitrogens with zero attached hydrogens (tertiary/aromatic N) is 4. The number of carbonyl (C=O) groups excluding carboxylic acids is 1. The highest BCUT2D eigenvalue weighted by Gasteiger charge is 2.09. The van der Waals surface area contributed by atoms with Gasteiger partial charge in [-0.3, -0.25) is 14.2 Å². The van der Waals surface area contributed by atoms with E-state index in [1.807, 2.05) is 19.2 Å². The Balaban J connectivity index is 1.57. The zero-order chi connectivity index (χ0) is 17.8. The normalized spacial score (nSPS) is 10.8. The van der Waals surface area contributed by atoms with Gasteiger partial charge in [-0.2, -0.15) is 10.2 Å². The van der Waals surface area contributed by atoms with Gasteiger partial charge in [0.15, 0.2) is 5.82 Å². The molecule has 0 fully saturated rings. The Morgan fingerprint density at radius 3 is 2.48 bits per heavy atom. The molecule has 1 amide bonds. The summed E-state index contributed by atoms with van der Waals surface area (Å²) < 4.78 is 3.42. The highest BCUT2D eigenvalue weighted by molar-refractivity contribution is 6.35. The number of benzene rings is 1. The van der Waals surface area contributed by atoms with Gasteiger partial charge in [0.2, 0.25) is 5.91 Å². The molecule has 0 bridgehead atoms. The maximum Gasteiger partial charge on any atom is 0.227 e. The summed E-state index contributed by atoms with van der Waals surface area (Å²) in [7, 11) is 0. The van der Waals surface area contributed by atoms with E-state index >= 15 is 0 Å². The number of halogens is 2. The maximum atomic E-state index is 12.0. The lowest BCUT2D eigenvalue weighted by molar-refractivity contribution is -0.116. The van der Waals surface area contributed by atoms with Crippen LogP contribution < -0.4 is 5.32 Å². The molecular weight excluding hydrogens is 361 g/mol. The fourth-order valence-electron chi connectivity index (χ4n) is 2.37. The third kappa shape index (κ3) is 4.61. The lowest BCUT2D eigenvalue weighted by Gasteiger charge is -2.07. The molecule has 3 rings (SSSR count). The van der Waals surface area contributed by atoms with E-state index in [-0.39, 0.29) is 5.91 Å². The van der Waals surface area contributed by atoms with Gasteiger partial charge in [-0.1, -0.05) is 29.3 Å². The molecule has 1 N–H and O–H groups in total. The number of anilines is 1. The van der Waals surface area contributed by atoms with Crippen LogP contribution in [0.5, 0.6) is 0 Å². The van der Waals surface area contributed by atoms with Gasteiger partial charge >= 0.3 is 0 Å². The fourth-order valence-corrected chi connectivity index (χ4v) is 2.89. The Labute approximate surface area is 155 Å². The van der Waals surface area contributed by atoms with Crippen LogP contribution in [0.3, 0.4) is 0 Å². The minimum Gasteiger partial charge on any atom is -0.309 e. The van der Waals surface area contributed by atoms with E-state index in [0.29, 0.717) is 35.4 Å². The van der Waals surface area contributed by atoms with E-state index in [0.717, 1.165) is 11.3 Å². The standard InChI is InChI=1S/C17H17Cl2N5O/c1-12-5-8-23(21-12)10-7-17(25)20-16-6-9-24(22-16)11-13-14(18)3-2-4-15(13)19/h2-6,8-9H,7,10-11H2,1H3,(H,20,22,25). The van der Waals surface area contributed by atoms with Crippen molar-refractivity contribution in [1.82, 2.24) is 19.6 Å². The zero-order valence-corrected chi connectivity index (χ0v) is 15.1. The molecule has 0 saturated carbocycles. The third-order valence-electron chi connectivity index (χ3n) is 3.63. The second-order valence-corrected chi connectivity index (χ2v) is 6.43. The summed E-state index contributed by atoms with van der Waals surface area (Å²) in [6.07, 6.45) is 3.95. The molecule has 0 saturated heterocycles. The van der Waals surface area contributed by atoms with Crippen LogP contribution in [0.25, 0.3) is 0 Å². The van der Waals surface area contributed by atoms with Gasteiger partial charge in [0, 0.05) is 47.0 Å². The maximum absolute atomic E-state index is 12.0. The molecule has 2 aromatic heterocycles. The molecule has 25 heavy (non-hydrogen) atoms. The van der Waals surface area contributed by atoms with Crippen molar-refractivity contribution in [2.24, 2.45) is 0 Å². The molecule has 0 unspecified atom stereocenters. The lowest BCUT2D eigenvalue weighted by atomic mass is 10.2. The number of carbonyl (C=O) groups is 1. The van der Waals surface area contributed by atoms with Gasteiger partial charge in [-0.25, -0.2) is 0 Å². The van der Waals surface area contributed by atoms with Crippen LogP contribution in [0.1, 0.15) is 17.7 Å². The summed E-state index contributed by atoms with van der Waals surface area (Å²) in [6, 6.07) is 9.00. The Morgan fingerprint density at radius 2 is 1.80 bits per heavy atom. The Bertz CT molecular complexity index is 867. The molecule has 0 spiro atoms. The van der Waals surface area contributed by atoms with Crippen molar-refractivity contribution in [3.8, 4) is 0 Å². The summed E-state index contributed by atoms with van der Waals surface area (Å²) in [6.45, 7) is 2.87. The predicted molar refractivity (Wildman–Crippen MR) is 98.0 cm³/mol. The number of aryl methyl sites for hydroxylation is 2. The van der Waals surface area contributed by atoms with Crippen LogP contribution in [0, 0.1) is 6.92 Å². The molecule has 1 aromatic carbocycles. The van der Waals surface area contributed by atoms with Crippen molar-refractivity contribution < 1.29 is 4.79 Å². The average Bonchev–Trinajstić information content (AvgIpc) is 3.18. The zero-order valence-electron chi connectivity index (χ0n) is 13.6. The van der Waals surface area contributed by atoms with Gasteiger partial charge in [-0.15, -0.1) is 0 Å². The predicted octanol–water partition coefficient (Wildman–Crippen LogP) is 3.77. The number of amides is 1. The molecule has 8 heteroatoms. The lowest BCUT2D eigenvalue weighted by Crippen LogP contribution is -2.15. The van der Waals surface area contributed by atoms with Gasteiger partial charge < -0.3 is 5.32 Å². The monoisotopic (exact) mass is 377 g/mol. The van der Waals surface area contributed by atoms with E-state index in [1.54, 1.807) is 39.8 Å². The molecule has 0 atom stereocenters. The molecule has 2 heterocycles. The second kappa shape index (κ2) is 7.72. The summed E-state index contributed by atoms with van der Waals surface area (Å²) in [5.74, 6) is 0.374. The first-order chi connectivity index (χ1) is 12.0. The van der Waals surface area contributed by atoms with E-state index < -0.39 is 0 Å². The topological polar surface area (TPSA) is 64.7 Å². The average molecular weight is 378 g/mol. The Hall–Kier alpha value is -2.31. The van der Waals surface area contributed by atoms with Gasteiger partial charge in [0.1, 0.15) is 0 Å². The van der Waals surface area contributed by atoms with Crippen LogP contribution >= 0.6 is 23.2 Å². The van der Waals surface area contributed by atoms with Gasteiger partial charge in [0.05, 0.1) is 12.2 Å². The Morgan fingerprint density at radius 1 is 1.08 bits per heavy atom. The smallest absolute Gasteiger partial charge is 0.227 e. The molecular formula is C17H17Cl2N5O. The van der Waals surface area contributed by atoms with E-state index in [1.165, 1.54) is 0 Å². The highest BCUT2D eigenvalue weighted by Crippen LogP contribution is 2.25. The van der Waals surface area contributed by atoms with Gasteiger partial charge in [0.25, 0.3) is 0 Å². The number of nitrogens with one attached hydrogen (secondary N) is 1. The first-order valence-corrected chi connectivity index (χ1v) is 8.53. The summed E-state index contributed by atoms with van der Waals surface area (Å²) >= 11 is 12.3. The molecule has 0 aliphatic carbocycles. The minimum absolute atomic E-state index is 0.117. The number of aromatic nitrogens is 4. The SMILES string of the molecule is Cc1ccn(CCC(=O)Nc2ccn(Cc3c(Cl)cccc3Cl)n2)n1. The van der Waals surface area contributed by atoms with Crippen LogP contribution in [0.15, 0.2) is 42.7 Å². The molecule has 6 nitrogen and oxygen atoms in total. The van der Waals surface area contributed by atoms with Gasteiger partial charge in [-0.05, 0) is 25.1 Å². The summed E-state index contributed by atoms with van der Waals surface area (Å²) in [4.78, 5) is 12.0. The van der Waals surface area contributed by atoms with Crippen LogP contribution in [-0.2, 0) is 17.9 Å². The third-order valence-corrected chi connectivity index (χ3v) is 4.34. The molecule has 130 valence electrons. The highest BCUT2D eigenvalue weighted by atomic mass is 35.5. The van der Waals surface area contributed by atoms with Crippen molar-refractivity contribution >= 4 is 34.9 Å². The van der Waals surface area contributed by atoms with Crippen LogP contribution in [-0.4, -0.2) is 25.5 Å². The van der Waals surface area contributed by atoms with Crippen molar-refractivity contribution in [2.45, 2.75) is 26.4 Å². The summed E-state index contributed by atoms with van der Waals surface area (Å²) in [5.41, 5.74) is 1.72. The van der Waals surface area contributed by atoms with Crippen molar-refractivity contribution in [3.63, 3.8) is 0 Å². The van der Waals surface area contributed by atoms with Crippen LogP contribution in [0.4, 0.5) is 5.82 Å². The number of rotatable bonds is 6. The molecule has 3 aromatic rings. The minimum atomic E-state index is -0.117. The second-order valence-electron chi connectivity index (χ2n) is 5.62. The van der Waals surface area contributed by atoms with E-state index in [2.05, 4.69) is 15.5 Å². The molecule has 0 aliphatic rings. The van der Waals surface area contributed by atoms with E-state index in [4.69, 9.17) is 23.2 Å². The van der Waals surface area contributed by atoms with Crippen molar-refractivity contribution in [1.29, 1.82) is 0 Å². The number of hydrogen-bond donors (Lipinski definition) is 1.